The Balaban J connectivity index is 2.29. The summed E-state index contributed by atoms with van der Waals surface area (Å²) < 4.78 is 3.20. The first-order valence-corrected chi connectivity index (χ1v) is 5.95. The van der Waals surface area contributed by atoms with Gasteiger partial charge in [-0.05, 0) is 40.9 Å². The van der Waals surface area contributed by atoms with Crippen LogP contribution >= 0.6 is 15.9 Å². The van der Waals surface area contributed by atoms with Gasteiger partial charge in [0.25, 0.3) is 0 Å². The summed E-state index contributed by atoms with van der Waals surface area (Å²) in [5.41, 5.74) is 9.49. The first-order valence-electron chi connectivity index (χ1n) is 5.15. The number of pyridine rings is 1. The van der Waals surface area contributed by atoms with Crippen LogP contribution in [-0.4, -0.2) is 15.4 Å². The van der Waals surface area contributed by atoms with Crippen LogP contribution in [0.15, 0.2) is 22.8 Å². The molecule has 2 heterocycles. The Bertz CT molecular complexity index is 518. The zero-order valence-corrected chi connectivity index (χ0v) is 9.87. The van der Waals surface area contributed by atoms with Gasteiger partial charge in [0.15, 0.2) is 5.65 Å². The largest absolute Gasteiger partial charge is 0.327 e. The van der Waals surface area contributed by atoms with E-state index in [4.69, 9.17) is 5.73 Å². The van der Waals surface area contributed by atoms with Crippen molar-refractivity contribution >= 4 is 21.6 Å². The van der Waals surface area contributed by atoms with Crippen molar-refractivity contribution in [3.8, 4) is 0 Å². The third-order valence-electron chi connectivity index (χ3n) is 2.99. The van der Waals surface area contributed by atoms with Gasteiger partial charge in [0.2, 0.25) is 0 Å². The quantitative estimate of drug-likeness (QED) is 0.791. The second-order valence-corrected chi connectivity index (χ2v) is 4.91. The van der Waals surface area contributed by atoms with E-state index in [-0.39, 0.29) is 6.04 Å². The minimum atomic E-state index is 0.288. The lowest BCUT2D eigenvalue weighted by atomic mass is 9.97. The highest BCUT2D eigenvalue weighted by Gasteiger charge is 2.21. The normalized spacial score (nSPS) is 20.5. The number of hydrogen-bond acceptors (Lipinski definition) is 2. The maximum Gasteiger partial charge on any atom is 0.151 e. The van der Waals surface area contributed by atoms with Crippen molar-refractivity contribution in [1.82, 2.24) is 9.38 Å². The summed E-state index contributed by atoms with van der Waals surface area (Å²) in [6.45, 7) is 0. The highest BCUT2D eigenvalue weighted by molar-refractivity contribution is 9.10. The van der Waals surface area contributed by atoms with Crippen molar-refractivity contribution in [2.75, 3.05) is 0 Å². The second-order valence-electron chi connectivity index (χ2n) is 4.06. The minimum Gasteiger partial charge on any atom is -0.327 e. The van der Waals surface area contributed by atoms with Gasteiger partial charge in [-0.25, -0.2) is 4.98 Å². The number of hydrogen-bond donors (Lipinski definition) is 1. The molecule has 3 rings (SSSR count). The van der Waals surface area contributed by atoms with E-state index in [0.717, 1.165) is 29.4 Å². The summed E-state index contributed by atoms with van der Waals surface area (Å²) in [5.74, 6) is 0. The number of rotatable bonds is 0. The molecular weight excluding hydrogens is 254 g/mol. The van der Waals surface area contributed by atoms with Crippen molar-refractivity contribution in [3.63, 3.8) is 0 Å². The molecule has 0 fully saturated rings. The summed E-state index contributed by atoms with van der Waals surface area (Å²) in [4.78, 5) is 4.65. The van der Waals surface area contributed by atoms with Crippen LogP contribution in [0.4, 0.5) is 0 Å². The second kappa shape index (κ2) is 3.32. The van der Waals surface area contributed by atoms with Gasteiger partial charge < -0.3 is 10.1 Å². The fourth-order valence-electron chi connectivity index (χ4n) is 2.22. The molecule has 1 unspecified atom stereocenters. The highest BCUT2D eigenvalue weighted by Crippen LogP contribution is 2.25. The van der Waals surface area contributed by atoms with Crippen LogP contribution in [0, 0.1) is 0 Å². The number of imidazole rings is 1. The molecule has 2 aromatic heterocycles. The lowest BCUT2D eigenvalue weighted by Gasteiger charge is -2.17. The summed E-state index contributed by atoms with van der Waals surface area (Å²) in [7, 11) is 0. The standard InChI is InChI=1S/C11H12BrN3/c12-8-2-1-5-15-10-6-7(13)3-4-9(10)14-11(8)15/h1-2,5,7H,3-4,6,13H2. The van der Waals surface area contributed by atoms with Gasteiger partial charge in [-0.1, -0.05) is 0 Å². The van der Waals surface area contributed by atoms with Crippen LogP contribution in [0.3, 0.4) is 0 Å². The molecule has 2 N–H and O–H groups in total. The van der Waals surface area contributed by atoms with Gasteiger partial charge in [0.1, 0.15) is 0 Å². The summed E-state index contributed by atoms with van der Waals surface area (Å²) in [6, 6.07) is 4.34. The molecule has 4 heteroatoms. The predicted molar refractivity (Wildman–Crippen MR) is 62.9 cm³/mol. The van der Waals surface area contributed by atoms with Crippen LogP contribution in [0.25, 0.3) is 5.65 Å². The Morgan fingerprint density at radius 2 is 2.40 bits per heavy atom. The summed E-state index contributed by atoms with van der Waals surface area (Å²) in [5, 5.41) is 0. The Morgan fingerprint density at radius 3 is 3.27 bits per heavy atom. The maximum absolute atomic E-state index is 5.99. The lowest BCUT2D eigenvalue weighted by molar-refractivity contribution is 0.560. The molecule has 0 aromatic carbocycles. The van der Waals surface area contributed by atoms with Crippen LogP contribution in [0.2, 0.25) is 0 Å². The van der Waals surface area contributed by atoms with Crippen LogP contribution in [0.1, 0.15) is 17.8 Å². The third-order valence-corrected chi connectivity index (χ3v) is 3.61. The fourth-order valence-corrected chi connectivity index (χ4v) is 2.65. The molecule has 0 saturated carbocycles. The number of aromatic nitrogens is 2. The number of nitrogens with two attached hydrogens (primary N) is 1. The SMILES string of the molecule is NC1CCc2nc3c(Br)cccn3c2C1. The van der Waals surface area contributed by atoms with E-state index >= 15 is 0 Å². The van der Waals surface area contributed by atoms with Gasteiger partial charge in [-0.3, -0.25) is 0 Å². The van der Waals surface area contributed by atoms with E-state index < -0.39 is 0 Å². The molecular formula is C11H12BrN3. The monoisotopic (exact) mass is 265 g/mol. The Hall–Kier alpha value is -0.870. The average molecular weight is 266 g/mol. The Labute approximate surface area is 96.4 Å². The molecule has 0 bridgehead atoms. The average Bonchev–Trinajstić information content (AvgIpc) is 2.58. The van der Waals surface area contributed by atoms with Gasteiger partial charge >= 0.3 is 0 Å². The molecule has 15 heavy (non-hydrogen) atoms. The number of nitrogens with zero attached hydrogens (tertiary/aromatic N) is 2. The van der Waals surface area contributed by atoms with E-state index in [1.165, 1.54) is 11.4 Å². The smallest absolute Gasteiger partial charge is 0.151 e. The molecule has 0 aliphatic heterocycles. The first-order chi connectivity index (χ1) is 7.25. The Kier molecular flexibility index (Phi) is 2.07. The van der Waals surface area contributed by atoms with Crippen LogP contribution in [-0.2, 0) is 12.8 Å². The fraction of sp³-hybridized carbons (Fsp3) is 0.364. The topological polar surface area (TPSA) is 43.3 Å². The van der Waals surface area contributed by atoms with Crippen molar-refractivity contribution in [2.45, 2.75) is 25.3 Å². The highest BCUT2D eigenvalue weighted by atomic mass is 79.9. The molecule has 0 amide bonds. The van der Waals surface area contributed by atoms with E-state index in [1.807, 2.05) is 12.1 Å². The first kappa shape index (κ1) is 9.36. The molecule has 1 aliphatic rings. The van der Waals surface area contributed by atoms with E-state index in [1.54, 1.807) is 0 Å². The number of aryl methyl sites for hydroxylation is 1. The summed E-state index contributed by atoms with van der Waals surface area (Å²) in [6.07, 6.45) is 5.05. The molecule has 0 spiro atoms. The van der Waals surface area contributed by atoms with Gasteiger partial charge in [-0.15, -0.1) is 0 Å². The minimum absolute atomic E-state index is 0.288. The number of halogens is 1. The van der Waals surface area contributed by atoms with Crippen LogP contribution < -0.4 is 5.73 Å². The molecule has 1 aliphatic carbocycles. The number of fused-ring (bicyclic) bond motifs is 3. The van der Waals surface area contributed by atoms with Crippen LogP contribution in [0.5, 0.6) is 0 Å². The predicted octanol–water partition coefficient (Wildman–Crippen LogP) is 1.91. The van der Waals surface area contributed by atoms with Gasteiger partial charge in [0.05, 0.1) is 10.2 Å². The van der Waals surface area contributed by atoms with E-state index in [0.29, 0.717) is 0 Å². The van der Waals surface area contributed by atoms with Gasteiger partial charge in [0, 0.05) is 24.4 Å². The van der Waals surface area contributed by atoms with Crippen molar-refractivity contribution in [1.29, 1.82) is 0 Å². The zero-order valence-electron chi connectivity index (χ0n) is 8.28. The van der Waals surface area contributed by atoms with Crippen molar-refractivity contribution in [3.05, 3.63) is 34.2 Å². The van der Waals surface area contributed by atoms with Crippen molar-refractivity contribution < 1.29 is 0 Å². The van der Waals surface area contributed by atoms with Gasteiger partial charge in [-0.2, -0.15) is 0 Å². The molecule has 0 radical (unpaired) electrons. The molecule has 3 nitrogen and oxygen atoms in total. The molecule has 0 saturated heterocycles. The lowest BCUT2D eigenvalue weighted by Crippen LogP contribution is -2.28. The van der Waals surface area contributed by atoms with E-state index in [9.17, 15) is 0 Å². The zero-order chi connectivity index (χ0) is 10.4. The molecule has 2 aromatic rings. The van der Waals surface area contributed by atoms with Crippen molar-refractivity contribution in [2.24, 2.45) is 5.73 Å². The Morgan fingerprint density at radius 1 is 1.53 bits per heavy atom. The summed E-state index contributed by atoms with van der Waals surface area (Å²) >= 11 is 3.52. The molecule has 78 valence electrons. The molecule has 1 atom stereocenters. The maximum atomic E-state index is 5.99. The van der Waals surface area contributed by atoms with E-state index in [2.05, 4.69) is 31.5 Å². The third kappa shape index (κ3) is 1.40.